The van der Waals surface area contributed by atoms with E-state index in [1.165, 1.54) is 4.90 Å². The normalized spacial score (nSPS) is 19.0. The molecule has 1 aliphatic rings. The minimum Gasteiger partial charge on any atom is -0.480 e. The Bertz CT molecular complexity index is 330. The van der Waals surface area contributed by atoms with E-state index < -0.39 is 12.0 Å². The highest BCUT2D eigenvalue weighted by Crippen LogP contribution is 2.03. The highest BCUT2D eigenvalue weighted by molar-refractivity contribution is 5.83. The van der Waals surface area contributed by atoms with Crippen molar-refractivity contribution in [1.29, 1.82) is 0 Å². The van der Waals surface area contributed by atoms with Crippen LogP contribution in [0, 0.1) is 0 Å². The maximum atomic E-state index is 11.8. The summed E-state index contributed by atoms with van der Waals surface area (Å²) in [5.74, 6) is -1.17. The molecular formula is C10H17N3O4. The number of nitrogens with one attached hydrogen (secondary N) is 2. The summed E-state index contributed by atoms with van der Waals surface area (Å²) < 4.78 is 0. The summed E-state index contributed by atoms with van der Waals surface area (Å²) in [6.07, 6.45) is 0.241. The SMILES string of the molecule is CC(C)N(CC(=O)O)C(=O)NC1CNC(=O)C1. The zero-order valence-electron chi connectivity index (χ0n) is 9.90. The summed E-state index contributed by atoms with van der Waals surface area (Å²) in [4.78, 5) is 34.6. The van der Waals surface area contributed by atoms with Crippen LogP contribution in [0.2, 0.25) is 0 Å². The topological polar surface area (TPSA) is 98.7 Å². The van der Waals surface area contributed by atoms with Gasteiger partial charge in [-0.1, -0.05) is 0 Å². The third-order valence-electron chi connectivity index (χ3n) is 2.49. The summed E-state index contributed by atoms with van der Waals surface area (Å²) >= 11 is 0. The second kappa shape index (κ2) is 5.51. The lowest BCUT2D eigenvalue weighted by Crippen LogP contribution is -2.50. The fraction of sp³-hybridized carbons (Fsp3) is 0.700. The van der Waals surface area contributed by atoms with Crippen LogP contribution in [0.3, 0.4) is 0 Å². The first kappa shape index (κ1) is 13.3. The minimum absolute atomic E-state index is 0.107. The fourth-order valence-corrected chi connectivity index (χ4v) is 1.60. The van der Waals surface area contributed by atoms with Crippen molar-refractivity contribution in [1.82, 2.24) is 15.5 Å². The number of rotatable bonds is 4. The summed E-state index contributed by atoms with van der Waals surface area (Å²) in [6.45, 7) is 3.52. The minimum atomic E-state index is -1.06. The van der Waals surface area contributed by atoms with E-state index in [9.17, 15) is 14.4 Å². The third-order valence-corrected chi connectivity index (χ3v) is 2.49. The van der Waals surface area contributed by atoms with Crippen LogP contribution in [-0.2, 0) is 9.59 Å². The number of aliphatic carboxylic acids is 1. The first-order valence-corrected chi connectivity index (χ1v) is 5.45. The molecule has 0 aromatic rings. The lowest BCUT2D eigenvalue weighted by atomic mass is 10.2. The van der Waals surface area contributed by atoms with Gasteiger partial charge < -0.3 is 20.6 Å². The molecule has 3 amide bonds. The maximum Gasteiger partial charge on any atom is 0.323 e. The van der Waals surface area contributed by atoms with E-state index in [4.69, 9.17) is 5.11 Å². The van der Waals surface area contributed by atoms with Crippen molar-refractivity contribution in [2.24, 2.45) is 0 Å². The van der Waals surface area contributed by atoms with Gasteiger partial charge in [0.2, 0.25) is 5.91 Å². The third kappa shape index (κ3) is 3.93. The number of carboxylic acid groups (broad SMARTS) is 1. The predicted octanol–water partition coefficient (Wildman–Crippen LogP) is -0.620. The van der Waals surface area contributed by atoms with Gasteiger partial charge in [-0.25, -0.2) is 4.79 Å². The van der Waals surface area contributed by atoms with Crippen LogP contribution >= 0.6 is 0 Å². The Morgan fingerprint density at radius 1 is 1.59 bits per heavy atom. The van der Waals surface area contributed by atoms with E-state index >= 15 is 0 Å². The number of carbonyl (C=O) groups is 3. The lowest BCUT2D eigenvalue weighted by Gasteiger charge is -2.26. The number of amides is 3. The van der Waals surface area contributed by atoms with Crippen molar-refractivity contribution >= 4 is 17.9 Å². The van der Waals surface area contributed by atoms with Gasteiger partial charge in [-0.3, -0.25) is 9.59 Å². The number of hydrogen-bond acceptors (Lipinski definition) is 3. The number of hydrogen-bond donors (Lipinski definition) is 3. The summed E-state index contributed by atoms with van der Waals surface area (Å²) in [7, 11) is 0. The summed E-state index contributed by atoms with van der Waals surface area (Å²) in [5.41, 5.74) is 0. The van der Waals surface area contributed by atoms with Crippen LogP contribution in [-0.4, -0.2) is 53.1 Å². The van der Waals surface area contributed by atoms with Crippen molar-refractivity contribution < 1.29 is 19.5 Å². The molecule has 1 fully saturated rings. The van der Waals surface area contributed by atoms with Crippen molar-refractivity contribution in [2.45, 2.75) is 32.4 Å². The molecule has 7 heteroatoms. The van der Waals surface area contributed by atoms with Gasteiger partial charge in [0, 0.05) is 19.0 Å². The molecule has 1 unspecified atom stereocenters. The van der Waals surface area contributed by atoms with E-state index in [1.807, 2.05) is 0 Å². The molecule has 1 rings (SSSR count). The average molecular weight is 243 g/mol. The van der Waals surface area contributed by atoms with Gasteiger partial charge in [0.1, 0.15) is 6.54 Å². The van der Waals surface area contributed by atoms with E-state index in [2.05, 4.69) is 10.6 Å². The van der Waals surface area contributed by atoms with Gasteiger partial charge in [-0.15, -0.1) is 0 Å². The Labute approximate surface area is 99.2 Å². The Morgan fingerprint density at radius 3 is 2.65 bits per heavy atom. The molecule has 1 saturated heterocycles. The van der Waals surface area contributed by atoms with Crippen molar-refractivity contribution in [3.63, 3.8) is 0 Å². The Balaban J connectivity index is 2.53. The molecular weight excluding hydrogens is 226 g/mol. The van der Waals surface area contributed by atoms with Crippen LogP contribution < -0.4 is 10.6 Å². The van der Waals surface area contributed by atoms with Gasteiger partial charge in [-0.05, 0) is 13.8 Å². The molecule has 17 heavy (non-hydrogen) atoms. The fourth-order valence-electron chi connectivity index (χ4n) is 1.60. The van der Waals surface area contributed by atoms with Crippen LogP contribution in [0.15, 0.2) is 0 Å². The molecule has 7 nitrogen and oxygen atoms in total. The standard InChI is InChI=1S/C10H17N3O4/c1-6(2)13(5-9(15)16)10(17)12-7-3-8(14)11-4-7/h6-7H,3-5H2,1-2H3,(H,11,14)(H,12,17)(H,15,16). The molecule has 1 aliphatic heterocycles. The molecule has 0 saturated carbocycles. The van der Waals surface area contributed by atoms with E-state index in [-0.39, 0.29) is 31.0 Å². The van der Waals surface area contributed by atoms with Crippen molar-refractivity contribution in [3.05, 3.63) is 0 Å². The smallest absolute Gasteiger partial charge is 0.323 e. The van der Waals surface area contributed by atoms with Gasteiger partial charge in [0.15, 0.2) is 0 Å². The quantitative estimate of drug-likeness (QED) is 0.612. The lowest BCUT2D eigenvalue weighted by molar-refractivity contribution is -0.138. The molecule has 0 radical (unpaired) electrons. The van der Waals surface area contributed by atoms with Crippen LogP contribution in [0.4, 0.5) is 4.79 Å². The number of carboxylic acids is 1. The van der Waals surface area contributed by atoms with E-state index in [0.29, 0.717) is 6.54 Å². The molecule has 0 aromatic heterocycles. The predicted molar refractivity (Wildman–Crippen MR) is 59.4 cm³/mol. The Kier molecular flexibility index (Phi) is 4.30. The Hall–Kier alpha value is -1.79. The Morgan fingerprint density at radius 2 is 2.24 bits per heavy atom. The number of carbonyl (C=O) groups excluding carboxylic acids is 2. The van der Waals surface area contributed by atoms with Crippen molar-refractivity contribution in [3.8, 4) is 0 Å². The molecule has 1 atom stereocenters. The molecule has 1 heterocycles. The van der Waals surface area contributed by atoms with Gasteiger partial charge >= 0.3 is 12.0 Å². The number of nitrogens with zero attached hydrogens (tertiary/aromatic N) is 1. The van der Waals surface area contributed by atoms with Crippen LogP contribution in [0.25, 0.3) is 0 Å². The monoisotopic (exact) mass is 243 g/mol. The maximum absolute atomic E-state index is 11.8. The molecule has 96 valence electrons. The molecule has 0 aromatic carbocycles. The molecule has 0 aliphatic carbocycles. The number of urea groups is 1. The van der Waals surface area contributed by atoms with Crippen LogP contribution in [0.5, 0.6) is 0 Å². The zero-order chi connectivity index (χ0) is 13.0. The molecule has 0 spiro atoms. The average Bonchev–Trinajstić information content (AvgIpc) is 2.59. The van der Waals surface area contributed by atoms with Crippen molar-refractivity contribution in [2.75, 3.05) is 13.1 Å². The first-order chi connectivity index (χ1) is 7.90. The van der Waals surface area contributed by atoms with E-state index in [0.717, 1.165) is 0 Å². The largest absolute Gasteiger partial charge is 0.480 e. The van der Waals surface area contributed by atoms with E-state index in [1.54, 1.807) is 13.8 Å². The van der Waals surface area contributed by atoms with Gasteiger partial charge in [0.05, 0.1) is 6.04 Å². The first-order valence-electron chi connectivity index (χ1n) is 5.45. The second-order valence-corrected chi connectivity index (χ2v) is 4.27. The highest BCUT2D eigenvalue weighted by Gasteiger charge is 2.26. The van der Waals surface area contributed by atoms with Gasteiger partial charge in [-0.2, -0.15) is 0 Å². The second-order valence-electron chi connectivity index (χ2n) is 4.27. The zero-order valence-corrected chi connectivity index (χ0v) is 9.90. The van der Waals surface area contributed by atoms with Crippen LogP contribution in [0.1, 0.15) is 20.3 Å². The molecule has 0 bridgehead atoms. The van der Waals surface area contributed by atoms with Gasteiger partial charge in [0.25, 0.3) is 0 Å². The highest BCUT2D eigenvalue weighted by atomic mass is 16.4. The summed E-state index contributed by atoms with van der Waals surface area (Å²) in [6, 6.07) is -0.926. The molecule has 3 N–H and O–H groups in total. The summed E-state index contributed by atoms with van der Waals surface area (Å²) in [5, 5.41) is 13.9.